The molecule has 0 aliphatic carbocycles. The first kappa shape index (κ1) is 20.1. The zero-order chi connectivity index (χ0) is 22.1. The number of rotatable bonds is 5. The van der Waals surface area contributed by atoms with Crippen molar-refractivity contribution in [1.29, 1.82) is 0 Å². The fraction of sp³-hybridized carbons (Fsp3) is 0.292. The van der Waals surface area contributed by atoms with Gasteiger partial charge in [-0.25, -0.2) is 0 Å². The molecule has 1 aromatic heterocycles. The fourth-order valence-electron chi connectivity index (χ4n) is 4.46. The molecule has 2 amide bonds. The van der Waals surface area contributed by atoms with Crippen LogP contribution in [0.4, 0.5) is 0 Å². The number of hydrogen-bond donors (Lipinski definition) is 1. The van der Waals surface area contributed by atoms with Crippen LogP contribution in [0.2, 0.25) is 0 Å². The Balaban J connectivity index is 1.43. The topological polar surface area (TPSA) is 108 Å². The van der Waals surface area contributed by atoms with E-state index in [9.17, 15) is 9.59 Å². The van der Waals surface area contributed by atoms with Gasteiger partial charge in [0, 0.05) is 30.2 Å². The van der Waals surface area contributed by atoms with Gasteiger partial charge < -0.3 is 24.6 Å². The zero-order valence-corrected chi connectivity index (χ0v) is 17.5. The van der Waals surface area contributed by atoms with E-state index in [0.29, 0.717) is 61.1 Å². The highest BCUT2D eigenvalue weighted by atomic mass is 16.6. The maximum atomic E-state index is 13.4. The molecule has 3 heterocycles. The van der Waals surface area contributed by atoms with E-state index < -0.39 is 11.4 Å². The molecule has 3 aromatic rings. The molecule has 5 rings (SSSR count). The number of likely N-dealkylation sites (tertiary alicyclic amines) is 1. The quantitative estimate of drug-likeness (QED) is 0.663. The minimum atomic E-state index is -1.18. The SMILES string of the molecule is NC(=O)[C@@]1(Cc2cc(-c3ccccc3)no2)CCCN1C(=O)c1ccc2c(c1)OCCO2. The number of nitrogens with zero attached hydrogens (tertiary/aromatic N) is 2. The van der Waals surface area contributed by atoms with Gasteiger partial charge in [0.25, 0.3) is 5.91 Å². The number of ether oxygens (including phenoxy) is 2. The van der Waals surface area contributed by atoms with E-state index in [0.717, 1.165) is 5.56 Å². The van der Waals surface area contributed by atoms with E-state index >= 15 is 0 Å². The van der Waals surface area contributed by atoms with Crippen molar-refractivity contribution in [2.45, 2.75) is 24.8 Å². The lowest BCUT2D eigenvalue weighted by atomic mass is 9.89. The average molecular weight is 433 g/mol. The van der Waals surface area contributed by atoms with E-state index in [1.54, 1.807) is 29.2 Å². The third-order valence-electron chi connectivity index (χ3n) is 6.08. The van der Waals surface area contributed by atoms with Crippen LogP contribution in [0, 0.1) is 0 Å². The molecule has 2 aromatic carbocycles. The molecule has 2 aliphatic rings. The molecule has 32 heavy (non-hydrogen) atoms. The molecule has 1 saturated heterocycles. The number of carbonyl (C=O) groups excluding carboxylic acids is 2. The monoisotopic (exact) mass is 433 g/mol. The third kappa shape index (κ3) is 3.47. The number of benzene rings is 2. The lowest BCUT2D eigenvalue weighted by Gasteiger charge is -2.35. The van der Waals surface area contributed by atoms with Crippen LogP contribution in [-0.4, -0.2) is 47.2 Å². The predicted octanol–water partition coefficient (Wildman–Crippen LogP) is 2.82. The number of primary amides is 1. The van der Waals surface area contributed by atoms with Crippen LogP contribution in [-0.2, 0) is 11.2 Å². The summed E-state index contributed by atoms with van der Waals surface area (Å²) in [5.41, 5.74) is 6.69. The first-order chi connectivity index (χ1) is 15.6. The zero-order valence-electron chi connectivity index (χ0n) is 17.5. The first-order valence-corrected chi connectivity index (χ1v) is 10.6. The Kier molecular flexibility index (Phi) is 5.05. The van der Waals surface area contributed by atoms with Crippen molar-refractivity contribution in [2.24, 2.45) is 5.73 Å². The second-order valence-corrected chi connectivity index (χ2v) is 8.04. The molecular weight excluding hydrogens is 410 g/mol. The van der Waals surface area contributed by atoms with Crippen LogP contribution in [0.3, 0.4) is 0 Å². The van der Waals surface area contributed by atoms with Crippen molar-refractivity contribution in [3.63, 3.8) is 0 Å². The summed E-state index contributed by atoms with van der Waals surface area (Å²) in [6.07, 6.45) is 1.29. The number of fused-ring (bicyclic) bond motifs is 1. The van der Waals surface area contributed by atoms with Gasteiger partial charge in [-0.1, -0.05) is 35.5 Å². The Labute approximate surface area is 184 Å². The molecule has 2 aliphatic heterocycles. The van der Waals surface area contributed by atoms with Crippen molar-refractivity contribution in [1.82, 2.24) is 10.1 Å². The second-order valence-electron chi connectivity index (χ2n) is 8.04. The standard InChI is InChI=1S/C24H23N3O5/c25-23(29)24(15-18-14-19(26-32-18)16-5-2-1-3-6-16)9-4-10-27(24)22(28)17-7-8-20-21(13-17)31-12-11-30-20/h1-3,5-8,13-14H,4,9-12,15H2,(H2,25,29)/t24-/m0/s1. The lowest BCUT2D eigenvalue weighted by molar-refractivity contribution is -0.127. The molecule has 8 nitrogen and oxygen atoms in total. The highest BCUT2D eigenvalue weighted by molar-refractivity contribution is 6.00. The summed E-state index contributed by atoms with van der Waals surface area (Å²) in [4.78, 5) is 27.7. The van der Waals surface area contributed by atoms with Gasteiger partial charge in [0.05, 0.1) is 0 Å². The Bertz CT molecular complexity index is 1160. The van der Waals surface area contributed by atoms with E-state index in [-0.39, 0.29) is 12.3 Å². The summed E-state index contributed by atoms with van der Waals surface area (Å²) in [5.74, 6) is 0.795. The predicted molar refractivity (Wildman–Crippen MR) is 115 cm³/mol. The minimum absolute atomic E-state index is 0.165. The van der Waals surface area contributed by atoms with E-state index in [2.05, 4.69) is 5.16 Å². The summed E-state index contributed by atoms with van der Waals surface area (Å²) in [5, 5.41) is 4.13. The molecule has 1 fully saturated rings. The van der Waals surface area contributed by atoms with Crippen molar-refractivity contribution >= 4 is 11.8 Å². The molecule has 0 unspecified atom stereocenters. The van der Waals surface area contributed by atoms with Gasteiger partial charge in [0.15, 0.2) is 11.5 Å². The number of carbonyl (C=O) groups is 2. The van der Waals surface area contributed by atoms with Crippen molar-refractivity contribution in [3.05, 3.63) is 65.9 Å². The molecule has 0 saturated carbocycles. The van der Waals surface area contributed by atoms with Crippen LogP contribution in [0.15, 0.2) is 59.1 Å². The van der Waals surface area contributed by atoms with Gasteiger partial charge >= 0.3 is 0 Å². The normalized spacial score (nSPS) is 19.7. The first-order valence-electron chi connectivity index (χ1n) is 10.6. The number of amides is 2. The van der Waals surface area contributed by atoms with Gasteiger partial charge in [0.1, 0.15) is 30.2 Å². The summed E-state index contributed by atoms with van der Waals surface area (Å²) in [6.45, 7) is 1.32. The lowest BCUT2D eigenvalue weighted by Crippen LogP contribution is -2.57. The van der Waals surface area contributed by atoms with Crippen LogP contribution < -0.4 is 15.2 Å². The minimum Gasteiger partial charge on any atom is -0.486 e. The van der Waals surface area contributed by atoms with Crippen LogP contribution in [0.5, 0.6) is 11.5 Å². The molecule has 0 spiro atoms. The number of aromatic nitrogens is 1. The van der Waals surface area contributed by atoms with Gasteiger partial charge in [-0.05, 0) is 31.0 Å². The summed E-state index contributed by atoms with van der Waals surface area (Å²) >= 11 is 0. The second kappa shape index (κ2) is 8.03. The van der Waals surface area contributed by atoms with Crippen molar-refractivity contribution < 1.29 is 23.6 Å². The molecule has 0 bridgehead atoms. The Hall–Kier alpha value is -3.81. The summed E-state index contributed by atoms with van der Waals surface area (Å²) in [7, 11) is 0. The average Bonchev–Trinajstić information content (AvgIpc) is 3.47. The molecule has 1 atom stereocenters. The van der Waals surface area contributed by atoms with Gasteiger partial charge in [-0.3, -0.25) is 9.59 Å². The van der Waals surface area contributed by atoms with Crippen LogP contribution >= 0.6 is 0 Å². The fourth-order valence-corrected chi connectivity index (χ4v) is 4.46. The van der Waals surface area contributed by atoms with Gasteiger partial charge in [0.2, 0.25) is 5.91 Å². The highest BCUT2D eigenvalue weighted by Crippen LogP contribution is 2.37. The number of hydrogen-bond acceptors (Lipinski definition) is 6. The smallest absolute Gasteiger partial charge is 0.254 e. The molecule has 8 heteroatoms. The van der Waals surface area contributed by atoms with E-state index in [1.165, 1.54) is 0 Å². The Morgan fingerprint density at radius 1 is 1.03 bits per heavy atom. The van der Waals surface area contributed by atoms with E-state index in [1.807, 2.05) is 30.3 Å². The summed E-state index contributed by atoms with van der Waals surface area (Å²) in [6, 6.07) is 16.5. The Morgan fingerprint density at radius 2 is 1.81 bits per heavy atom. The van der Waals surface area contributed by atoms with Crippen LogP contribution in [0.1, 0.15) is 29.0 Å². The molecule has 0 radical (unpaired) electrons. The Morgan fingerprint density at radius 3 is 2.59 bits per heavy atom. The van der Waals surface area contributed by atoms with E-state index in [4.69, 9.17) is 19.7 Å². The van der Waals surface area contributed by atoms with Gasteiger partial charge in [-0.15, -0.1) is 0 Å². The third-order valence-corrected chi connectivity index (χ3v) is 6.08. The maximum absolute atomic E-state index is 13.4. The largest absolute Gasteiger partial charge is 0.486 e. The highest BCUT2D eigenvalue weighted by Gasteiger charge is 2.49. The van der Waals surface area contributed by atoms with Gasteiger partial charge in [-0.2, -0.15) is 0 Å². The molecule has 2 N–H and O–H groups in total. The molecular formula is C24H23N3O5. The van der Waals surface area contributed by atoms with Crippen molar-refractivity contribution in [2.75, 3.05) is 19.8 Å². The van der Waals surface area contributed by atoms with Crippen molar-refractivity contribution in [3.8, 4) is 22.8 Å². The maximum Gasteiger partial charge on any atom is 0.254 e. The van der Waals surface area contributed by atoms with Crippen LogP contribution in [0.25, 0.3) is 11.3 Å². The molecule has 164 valence electrons. The summed E-state index contributed by atoms with van der Waals surface area (Å²) < 4.78 is 16.7. The number of nitrogens with two attached hydrogens (primary N) is 1.